The van der Waals surface area contributed by atoms with Crippen molar-refractivity contribution < 1.29 is 0 Å². The fourth-order valence-electron chi connectivity index (χ4n) is 0.705. The summed E-state index contributed by atoms with van der Waals surface area (Å²) in [5.41, 5.74) is 5.58. The van der Waals surface area contributed by atoms with Crippen molar-refractivity contribution in [2.75, 3.05) is 11.5 Å². The van der Waals surface area contributed by atoms with E-state index < -0.39 is 0 Å². The number of hydrogen-bond donors (Lipinski definition) is 1. The van der Waals surface area contributed by atoms with E-state index in [4.69, 9.17) is 5.73 Å². The molecule has 0 bridgehead atoms. The van der Waals surface area contributed by atoms with E-state index in [0.29, 0.717) is 6.04 Å². The SMILES string of the molecule is CC(N)CSCC1CC1. The van der Waals surface area contributed by atoms with Crippen LogP contribution in [-0.4, -0.2) is 17.5 Å². The van der Waals surface area contributed by atoms with Gasteiger partial charge in [0.2, 0.25) is 0 Å². The van der Waals surface area contributed by atoms with Gasteiger partial charge in [0.1, 0.15) is 0 Å². The van der Waals surface area contributed by atoms with Crippen molar-refractivity contribution >= 4 is 11.8 Å². The molecule has 0 heterocycles. The number of rotatable bonds is 4. The topological polar surface area (TPSA) is 26.0 Å². The Kier molecular flexibility index (Phi) is 2.86. The van der Waals surface area contributed by atoms with E-state index in [0.717, 1.165) is 11.7 Å². The molecule has 0 aromatic carbocycles. The van der Waals surface area contributed by atoms with E-state index in [1.54, 1.807) is 0 Å². The molecule has 1 saturated carbocycles. The summed E-state index contributed by atoms with van der Waals surface area (Å²) in [7, 11) is 0. The maximum Gasteiger partial charge on any atom is 0.0101 e. The molecule has 2 heteroatoms. The zero-order valence-electron chi connectivity index (χ0n) is 5.97. The molecule has 0 amide bonds. The zero-order chi connectivity index (χ0) is 6.69. The summed E-state index contributed by atoms with van der Waals surface area (Å²) in [6.45, 7) is 2.07. The molecule has 1 atom stereocenters. The van der Waals surface area contributed by atoms with Crippen LogP contribution in [0.2, 0.25) is 0 Å². The standard InChI is InChI=1S/C7H15NS/c1-6(8)4-9-5-7-2-3-7/h6-7H,2-5,8H2,1H3. The first-order chi connectivity index (χ1) is 4.29. The van der Waals surface area contributed by atoms with Crippen molar-refractivity contribution in [3.05, 3.63) is 0 Å². The first-order valence-corrected chi connectivity index (χ1v) is 4.78. The van der Waals surface area contributed by atoms with Gasteiger partial charge < -0.3 is 5.73 Å². The predicted octanol–water partition coefficient (Wildman–Crippen LogP) is 1.48. The molecule has 0 aromatic rings. The largest absolute Gasteiger partial charge is 0.327 e. The molecule has 1 rings (SSSR count). The van der Waals surface area contributed by atoms with Crippen LogP contribution in [-0.2, 0) is 0 Å². The van der Waals surface area contributed by atoms with Crippen molar-refractivity contribution in [3.63, 3.8) is 0 Å². The third-order valence-electron chi connectivity index (χ3n) is 1.43. The van der Waals surface area contributed by atoms with E-state index in [2.05, 4.69) is 6.92 Å². The van der Waals surface area contributed by atoms with Crippen molar-refractivity contribution in [1.82, 2.24) is 0 Å². The summed E-state index contributed by atoms with van der Waals surface area (Å²) in [5.74, 6) is 3.53. The summed E-state index contributed by atoms with van der Waals surface area (Å²) in [4.78, 5) is 0. The van der Waals surface area contributed by atoms with E-state index >= 15 is 0 Å². The predicted molar refractivity (Wildman–Crippen MR) is 43.7 cm³/mol. The van der Waals surface area contributed by atoms with Gasteiger partial charge in [0.15, 0.2) is 0 Å². The lowest BCUT2D eigenvalue weighted by Crippen LogP contribution is -2.17. The average molecular weight is 145 g/mol. The molecule has 0 spiro atoms. The second kappa shape index (κ2) is 3.47. The molecule has 0 radical (unpaired) electrons. The van der Waals surface area contributed by atoms with Gasteiger partial charge in [-0.1, -0.05) is 0 Å². The van der Waals surface area contributed by atoms with Crippen LogP contribution in [0, 0.1) is 5.92 Å². The van der Waals surface area contributed by atoms with E-state index in [1.165, 1.54) is 18.6 Å². The zero-order valence-corrected chi connectivity index (χ0v) is 6.79. The van der Waals surface area contributed by atoms with Crippen molar-refractivity contribution in [3.8, 4) is 0 Å². The third-order valence-corrected chi connectivity index (χ3v) is 2.90. The highest BCUT2D eigenvalue weighted by Gasteiger charge is 2.20. The Morgan fingerprint density at radius 2 is 2.33 bits per heavy atom. The molecule has 1 aliphatic carbocycles. The fourth-order valence-corrected chi connectivity index (χ4v) is 1.88. The van der Waals surface area contributed by atoms with E-state index in [-0.39, 0.29) is 0 Å². The lowest BCUT2D eigenvalue weighted by molar-refractivity contribution is 0.844. The molecule has 0 saturated heterocycles. The molecule has 0 aliphatic heterocycles. The fraction of sp³-hybridized carbons (Fsp3) is 1.00. The molecular formula is C7H15NS. The second-order valence-electron chi connectivity index (χ2n) is 2.96. The van der Waals surface area contributed by atoms with Crippen molar-refractivity contribution in [2.45, 2.75) is 25.8 Å². The van der Waals surface area contributed by atoms with Gasteiger partial charge in [-0.05, 0) is 31.4 Å². The molecule has 1 aliphatic rings. The minimum absolute atomic E-state index is 0.383. The van der Waals surface area contributed by atoms with Gasteiger partial charge in [-0.25, -0.2) is 0 Å². The molecule has 9 heavy (non-hydrogen) atoms. The Balaban J connectivity index is 1.81. The smallest absolute Gasteiger partial charge is 0.0101 e. The Morgan fingerprint density at radius 1 is 1.67 bits per heavy atom. The van der Waals surface area contributed by atoms with Gasteiger partial charge in [-0.3, -0.25) is 0 Å². The lowest BCUT2D eigenvalue weighted by atomic mass is 10.4. The van der Waals surface area contributed by atoms with Crippen molar-refractivity contribution in [2.24, 2.45) is 11.7 Å². The average Bonchev–Trinajstić information content (AvgIpc) is 2.48. The van der Waals surface area contributed by atoms with Gasteiger partial charge >= 0.3 is 0 Å². The van der Waals surface area contributed by atoms with Gasteiger partial charge in [-0.15, -0.1) is 0 Å². The molecule has 2 N–H and O–H groups in total. The second-order valence-corrected chi connectivity index (χ2v) is 4.03. The molecule has 1 unspecified atom stereocenters. The first kappa shape index (κ1) is 7.42. The van der Waals surface area contributed by atoms with E-state index in [1.807, 2.05) is 11.8 Å². The van der Waals surface area contributed by atoms with Gasteiger partial charge in [0, 0.05) is 11.8 Å². The van der Waals surface area contributed by atoms with Crippen LogP contribution in [0.4, 0.5) is 0 Å². The first-order valence-electron chi connectivity index (χ1n) is 3.62. The van der Waals surface area contributed by atoms with Gasteiger partial charge in [-0.2, -0.15) is 11.8 Å². The number of thioether (sulfide) groups is 1. The summed E-state index contributed by atoms with van der Waals surface area (Å²) in [5, 5.41) is 0. The Morgan fingerprint density at radius 3 is 2.78 bits per heavy atom. The van der Waals surface area contributed by atoms with Gasteiger partial charge in [0.25, 0.3) is 0 Å². The number of hydrogen-bond acceptors (Lipinski definition) is 2. The van der Waals surface area contributed by atoms with Crippen LogP contribution in [0.1, 0.15) is 19.8 Å². The summed E-state index contributed by atoms with van der Waals surface area (Å²) < 4.78 is 0. The quantitative estimate of drug-likeness (QED) is 0.648. The monoisotopic (exact) mass is 145 g/mol. The van der Waals surface area contributed by atoms with Crippen molar-refractivity contribution in [1.29, 1.82) is 0 Å². The Hall–Kier alpha value is 0.310. The highest BCUT2D eigenvalue weighted by molar-refractivity contribution is 7.99. The Labute approximate surface area is 61.4 Å². The van der Waals surface area contributed by atoms with Crippen LogP contribution in [0.15, 0.2) is 0 Å². The minimum Gasteiger partial charge on any atom is -0.327 e. The molecule has 1 fully saturated rings. The van der Waals surface area contributed by atoms with Crippen LogP contribution in [0.3, 0.4) is 0 Å². The summed E-state index contributed by atoms with van der Waals surface area (Å²) in [6.07, 6.45) is 2.93. The van der Waals surface area contributed by atoms with Crippen LogP contribution in [0.25, 0.3) is 0 Å². The minimum atomic E-state index is 0.383. The highest BCUT2D eigenvalue weighted by atomic mass is 32.2. The lowest BCUT2D eigenvalue weighted by Gasteiger charge is -2.02. The van der Waals surface area contributed by atoms with Crippen LogP contribution >= 0.6 is 11.8 Å². The third kappa shape index (κ3) is 3.82. The highest BCUT2D eigenvalue weighted by Crippen LogP contribution is 2.32. The normalized spacial score (nSPS) is 22.0. The maximum atomic E-state index is 5.58. The Bertz CT molecular complexity index is 77.0. The van der Waals surface area contributed by atoms with Gasteiger partial charge in [0.05, 0.1) is 0 Å². The van der Waals surface area contributed by atoms with E-state index in [9.17, 15) is 0 Å². The maximum absolute atomic E-state index is 5.58. The molecule has 1 nitrogen and oxygen atoms in total. The molecule has 0 aromatic heterocycles. The molecular weight excluding hydrogens is 130 g/mol. The van der Waals surface area contributed by atoms with Crippen LogP contribution in [0.5, 0.6) is 0 Å². The van der Waals surface area contributed by atoms with Crippen LogP contribution < -0.4 is 5.73 Å². The summed E-state index contributed by atoms with van der Waals surface area (Å²) in [6, 6.07) is 0.383. The molecule has 54 valence electrons. The number of nitrogens with two attached hydrogens (primary N) is 1. The summed E-state index contributed by atoms with van der Waals surface area (Å²) >= 11 is 2.01.